The van der Waals surface area contributed by atoms with Gasteiger partial charge in [0.2, 0.25) is 0 Å². The van der Waals surface area contributed by atoms with Crippen LogP contribution >= 0.6 is 0 Å². The first-order valence-corrected chi connectivity index (χ1v) is 2.43. The van der Waals surface area contributed by atoms with E-state index >= 15 is 0 Å². The molecule has 0 aromatic heterocycles. The number of hydrogen-bond acceptors (Lipinski definition) is 1. The summed E-state index contributed by atoms with van der Waals surface area (Å²) in [7, 11) is 0. The van der Waals surface area contributed by atoms with Crippen molar-refractivity contribution < 1.29 is 4.74 Å². The number of fused-ring (bicyclic) bond motifs is 1. The molecule has 0 spiro atoms. The van der Waals surface area contributed by atoms with Crippen molar-refractivity contribution in [3.05, 3.63) is 6.42 Å². The fraction of sp³-hybridized carbons (Fsp3) is 0.800. The van der Waals surface area contributed by atoms with E-state index in [4.69, 9.17) is 4.74 Å². The highest BCUT2D eigenvalue weighted by Crippen LogP contribution is 2.40. The molecule has 2 atom stereocenters. The van der Waals surface area contributed by atoms with Crippen LogP contribution in [0.1, 0.15) is 6.42 Å². The van der Waals surface area contributed by atoms with Crippen molar-refractivity contribution in [2.45, 2.75) is 12.5 Å². The lowest BCUT2D eigenvalue weighted by molar-refractivity contribution is 0.167. The Labute approximate surface area is 37.3 Å². The Balaban J connectivity index is 2.09. The molecule has 0 aromatic carbocycles. The van der Waals surface area contributed by atoms with Crippen LogP contribution in [0.5, 0.6) is 0 Å². The molecule has 2 aliphatic rings. The molecular weight excluding hydrogens is 76.1 g/mol. The highest BCUT2D eigenvalue weighted by molar-refractivity contribution is 5.10. The maximum atomic E-state index is 5.17. The average molecular weight is 83.1 g/mol. The van der Waals surface area contributed by atoms with E-state index in [1.165, 1.54) is 6.42 Å². The molecule has 0 aromatic rings. The molecule has 1 heterocycles. The van der Waals surface area contributed by atoms with E-state index in [9.17, 15) is 0 Å². The van der Waals surface area contributed by atoms with Gasteiger partial charge in [-0.05, 0) is 18.8 Å². The molecule has 1 heteroatoms. The fourth-order valence-electron chi connectivity index (χ4n) is 0.959. The number of ether oxygens (including phenoxy) is 1. The molecule has 0 N–H and O–H groups in total. The molecule has 2 rings (SSSR count). The van der Waals surface area contributed by atoms with Crippen molar-refractivity contribution in [3.63, 3.8) is 0 Å². The van der Waals surface area contributed by atoms with E-state index in [-0.39, 0.29) is 0 Å². The van der Waals surface area contributed by atoms with Crippen LogP contribution in [0.15, 0.2) is 0 Å². The van der Waals surface area contributed by atoms with Crippen molar-refractivity contribution >= 4 is 0 Å². The third kappa shape index (κ3) is 0.243. The van der Waals surface area contributed by atoms with Gasteiger partial charge in [0.15, 0.2) is 0 Å². The Morgan fingerprint density at radius 2 is 2.67 bits per heavy atom. The first-order valence-electron chi connectivity index (χ1n) is 2.43. The lowest BCUT2D eigenvalue weighted by Gasteiger charge is -1.85. The Kier molecular flexibility index (Phi) is 0.396. The predicted octanol–water partition coefficient (Wildman–Crippen LogP) is 0.609. The van der Waals surface area contributed by atoms with Crippen molar-refractivity contribution in [3.8, 4) is 0 Å². The largest absolute Gasteiger partial charge is 0.378 e. The average Bonchev–Trinajstić information content (AvgIpc) is 2.17. The Bertz CT molecular complexity index is 62.3. The standard InChI is InChI=1S/C5H7O/c1-2-6-5-3-4(1)5/h3-5H,1-2H2. The van der Waals surface area contributed by atoms with Crippen LogP contribution in [-0.4, -0.2) is 12.7 Å². The van der Waals surface area contributed by atoms with Crippen molar-refractivity contribution in [1.82, 2.24) is 0 Å². The zero-order valence-corrected chi connectivity index (χ0v) is 3.55. The van der Waals surface area contributed by atoms with Crippen LogP contribution in [0, 0.1) is 12.3 Å². The maximum Gasteiger partial charge on any atom is 0.0643 e. The zero-order chi connectivity index (χ0) is 3.98. The molecule has 1 radical (unpaired) electrons. The fourth-order valence-corrected chi connectivity index (χ4v) is 0.959. The third-order valence-corrected chi connectivity index (χ3v) is 1.48. The normalized spacial score (nSPS) is 52.0. The van der Waals surface area contributed by atoms with Crippen LogP contribution in [0.2, 0.25) is 0 Å². The Hall–Kier alpha value is -0.0400. The van der Waals surface area contributed by atoms with Gasteiger partial charge < -0.3 is 4.74 Å². The summed E-state index contributed by atoms with van der Waals surface area (Å²) in [6, 6.07) is 0. The van der Waals surface area contributed by atoms with Crippen LogP contribution in [0.25, 0.3) is 0 Å². The van der Waals surface area contributed by atoms with Crippen LogP contribution < -0.4 is 0 Å². The summed E-state index contributed by atoms with van der Waals surface area (Å²) in [5.41, 5.74) is 0. The molecule has 1 nitrogen and oxygen atoms in total. The summed E-state index contributed by atoms with van der Waals surface area (Å²) < 4.78 is 5.17. The number of rotatable bonds is 0. The lowest BCUT2D eigenvalue weighted by atomic mass is 10.3. The summed E-state index contributed by atoms with van der Waals surface area (Å²) in [4.78, 5) is 0. The van der Waals surface area contributed by atoms with Gasteiger partial charge >= 0.3 is 0 Å². The van der Waals surface area contributed by atoms with E-state index in [2.05, 4.69) is 6.42 Å². The monoisotopic (exact) mass is 83.0 g/mol. The zero-order valence-electron chi connectivity index (χ0n) is 3.55. The highest BCUT2D eigenvalue weighted by atomic mass is 16.5. The predicted molar refractivity (Wildman–Crippen MR) is 22.1 cm³/mol. The smallest absolute Gasteiger partial charge is 0.0643 e. The van der Waals surface area contributed by atoms with Crippen LogP contribution in [0.4, 0.5) is 0 Å². The molecule has 1 saturated heterocycles. The quantitative estimate of drug-likeness (QED) is 0.417. The molecule has 2 fully saturated rings. The van der Waals surface area contributed by atoms with Gasteiger partial charge in [0, 0.05) is 6.61 Å². The maximum absolute atomic E-state index is 5.17. The van der Waals surface area contributed by atoms with E-state index in [1.54, 1.807) is 0 Å². The van der Waals surface area contributed by atoms with Gasteiger partial charge in [-0.2, -0.15) is 0 Å². The van der Waals surface area contributed by atoms with Crippen molar-refractivity contribution in [1.29, 1.82) is 0 Å². The summed E-state index contributed by atoms with van der Waals surface area (Å²) in [6.07, 6.45) is 4.12. The second-order valence-electron chi connectivity index (χ2n) is 1.98. The van der Waals surface area contributed by atoms with E-state index in [0.29, 0.717) is 6.10 Å². The SMILES string of the molecule is [CH]1C2CCOC12. The summed E-state index contributed by atoms with van der Waals surface area (Å²) in [5.74, 6) is 0.866. The third-order valence-electron chi connectivity index (χ3n) is 1.48. The van der Waals surface area contributed by atoms with Crippen LogP contribution in [-0.2, 0) is 4.74 Å². The topological polar surface area (TPSA) is 9.23 Å². The molecule has 0 amide bonds. The molecule has 6 heavy (non-hydrogen) atoms. The Morgan fingerprint density at radius 1 is 1.67 bits per heavy atom. The minimum Gasteiger partial charge on any atom is -0.378 e. The minimum absolute atomic E-state index is 0.588. The van der Waals surface area contributed by atoms with Crippen molar-refractivity contribution in [2.75, 3.05) is 6.61 Å². The minimum atomic E-state index is 0.588. The lowest BCUT2D eigenvalue weighted by Crippen LogP contribution is -1.84. The first kappa shape index (κ1) is 3.03. The molecule has 1 saturated carbocycles. The van der Waals surface area contributed by atoms with Gasteiger partial charge in [0.05, 0.1) is 6.10 Å². The molecule has 1 aliphatic heterocycles. The van der Waals surface area contributed by atoms with E-state index < -0.39 is 0 Å². The molecule has 33 valence electrons. The van der Waals surface area contributed by atoms with Gasteiger partial charge in [0.25, 0.3) is 0 Å². The summed E-state index contributed by atoms with van der Waals surface area (Å²) in [6.45, 7) is 1.01. The van der Waals surface area contributed by atoms with E-state index in [1.807, 2.05) is 0 Å². The van der Waals surface area contributed by atoms with Gasteiger partial charge in [-0.15, -0.1) is 0 Å². The second-order valence-corrected chi connectivity index (χ2v) is 1.98. The molecule has 1 aliphatic carbocycles. The Morgan fingerprint density at radius 3 is 2.83 bits per heavy atom. The highest BCUT2D eigenvalue weighted by Gasteiger charge is 2.42. The van der Waals surface area contributed by atoms with Crippen LogP contribution in [0.3, 0.4) is 0 Å². The number of hydrogen-bond donors (Lipinski definition) is 0. The van der Waals surface area contributed by atoms with Gasteiger partial charge in [0.1, 0.15) is 0 Å². The van der Waals surface area contributed by atoms with Gasteiger partial charge in [-0.1, -0.05) is 0 Å². The van der Waals surface area contributed by atoms with Crippen molar-refractivity contribution in [2.24, 2.45) is 5.92 Å². The van der Waals surface area contributed by atoms with Gasteiger partial charge in [-0.25, -0.2) is 0 Å². The summed E-state index contributed by atoms with van der Waals surface area (Å²) in [5, 5.41) is 0. The van der Waals surface area contributed by atoms with E-state index in [0.717, 1.165) is 12.5 Å². The first-order chi connectivity index (χ1) is 2.97. The molecular formula is C5H7O. The summed E-state index contributed by atoms with van der Waals surface area (Å²) >= 11 is 0. The second kappa shape index (κ2) is 0.784. The molecule has 2 unspecified atom stereocenters. The molecule has 0 bridgehead atoms. The van der Waals surface area contributed by atoms with Gasteiger partial charge in [-0.3, -0.25) is 0 Å².